The van der Waals surface area contributed by atoms with Gasteiger partial charge in [-0.3, -0.25) is 9.78 Å². The molecule has 8 heteroatoms. The highest BCUT2D eigenvalue weighted by molar-refractivity contribution is 7.91. The van der Waals surface area contributed by atoms with E-state index in [-0.39, 0.29) is 33.6 Å². The Hall–Kier alpha value is -3.52. The summed E-state index contributed by atoms with van der Waals surface area (Å²) in [6, 6.07) is 12.2. The Morgan fingerprint density at radius 3 is 2.52 bits per heavy atom. The Kier molecular flexibility index (Phi) is 5.32. The average molecular weight is 438 g/mol. The van der Waals surface area contributed by atoms with Gasteiger partial charge in [0.1, 0.15) is 5.82 Å². The molecule has 158 valence electrons. The lowest BCUT2D eigenvalue weighted by atomic mass is 10.1. The molecule has 1 amide bonds. The van der Waals surface area contributed by atoms with Crippen molar-refractivity contribution in [1.82, 2.24) is 10.3 Å². The number of fused-ring (bicyclic) bond motifs is 1. The molecule has 31 heavy (non-hydrogen) atoms. The van der Waals surface area contributed by atoms with Gasteiger partial charge in [0.2, 0.25) is 9.84 Å². The number of carbonyl (C=O) groups is 1. The molecule has 0 unspecified atom stereocenters. The van der Waals surface area contributed by atoms with Crippen molar-refractivity contribution in [2.24, 2.45) is 0 Å². The maximum absolute atomic E-state index is 13.7. The van der Waals surface area contributed by atoms with E-state index in [1.54, 1.807) is 37.4 Å². The Morgan fingerprint density at radius 2 is 1.81 bits per heavy atom. The molecule has 0 aliphatic heterocycles. The highest BCUT2D eigenvalue weighted by Crippen LogP contribution is 2.26. The van der Waals surface area contributed by atoms with E-state index >= 15 is 0 Å². The standard InChI is InChI=1S/C23H19FN2O4S/c1-14-10-22(15(2)9-19(14)24)31(28,29)18-5-3-16(4-6-18)12-26-23(27)20-11-17-7-8-25-13-21(17)30-20/h3-11,13H,12H2,1-2H3,(H,26,27). The van der Waals surface area contributed by atoms with Gasteiger partial charge in [-0.1, -0.05) is 12.1 Å². The first-order valence-electron chi connectivity index (χ1n) is 9.48. The van der Waals surface area contributed by atoms with E-state index in [0.29, 0.717) is 11.1 Å². The first-order valence-corrected chi connectivity index (χ1v) is 11.0. The van der Waals surface area contributed by atoms with E-state index in [1.807, 2.05) is 0 Å². The van der Waals surface area contributed by atoms with Gasteiger partial charge in [-0.05, 0) is 66.9 Å². The van der Waals surface area contributed by atoms with E-state index in [9.17, 15) is 17.6 Å². The normalized spacial score (nSPS) is 11.6. The molecule has 0 saturated carbocycles. The largest absolute Gasteiger partial charge is 0.449 e. The second-order valence-electron chi connectivity index (χ2n) is 7.22. The van der Waals surface area contributed by atoms with E-state index < -0.39 is 15.7 Å². The number of furan rings is 1. The molecular formula is C23H19FN2O4S. The third-order valence-electron chi connectivity index (χ3n) is 4.98. The number of aryl methyl sites for hydroxylation is 2. The van der Waals surface area contributed by atoms with Crippen LogP contribution in [0.15, 0.2) is 75.1 Å². The fraction of sp³-hybridized carbons (Fsp3) is 0.130. The number of hydrogen-bond acceptors (Lipinski definition) is 5. The predicted octanol–water partition coefficient (Wildman–Crippen LogP) is 4.35. The summed E-state index contributed by atoms with van der Waals surface area (Å²) in [6.45, 7) is 3.29. The van der Waals surface area contributed by atoms with Gasteiger partial charge in [0.05, 0.1) is 16.0 Å². The van der Waals surface area contributed by atoms with Crippen molar-refractivity contribution >= 4 is 26.7 Å². The van der Waals surface area contributed by atoms with Gasteiger partial charge < -0.3 is 9.73 Å². The van der Waals surface area contributed by atoms with Gasteiger partial charge in [-0.25, -0.2) is 12.8 Å². The molecule has 0 radical (unpaired) electrons. The molecule has 0 aliphatic rings. The number of aromatic nitrogens is 1. The Balaban J connectivity index is 1.49. The molecule has 0 bridgehead atoms. The molecule has 2 heterocycles. The van der Waals surface area contributed by atoms with Gasteiger partial charge in [0, 0.05) is 18.1 Å². The van der Waals surface area contributed by atoms with Crippen LogP contribution in [0.3, 0.4) is 0 Å². The fourth-order valence-electron chi connectivity index (χ4n) is 3.22. The van der Waals surface area contributed by atoms with E-state index in [0.717, 1.165) is 10.9 Å². The van der Waals surface area contributed by atoms with Crippen LogP contribution >= 0.6 is 0 Å². The van der Waals surface area contributed by atoms with E-state index in [2.05, 4.69) is 10.3 Å². The summed E-state index contributed by atoms with van der Waals surface area (Å²) in [5, 5.41) is 3.52. The van der Waals surface area contributed by atoms with Crippen LogP contribution in [0.2, 0.25) is 0 Å². The molecular weight excluding hydrogens is 419 g/mol. The zero-order valence-electron chi connectivity index (χ0n) is 16.8. The van der Waals surface area contributed by atoms with Crippen LogP contribution in [0.5, 0.6) is 0 Å². The van der Waals surface area contributed by atoms with Crippen LogP contribution in [0, 0.1) is 19.7 Å². The molecule has 4 rings (SSSR count). The first-order chi connectivity index (χ1) is 14.8. The molecule has 4 aromatic rings. The smallest absolute Gasteiger partial charge is 0.287 e. The Labute approximate surface area is 178 Å². The van der Waals surface area contributed by atoms with E-state index in [4.69, 9.17) is 4.42 Å². The van der Waals surface area contributed by atoms with Crippen molar-refractivity contribution in [2.45, 2.75) is 30.2 Å². The Morgan fingerprint density at radius 1 is 1.06 bits per heavy atom. The second-order valence-corrected chi connectivity index (χ2v) is 9.14. The molecule has 0 aliphatic carbocycles. The molecule has 0 fully saturated rings. The highest BCUT2D eigenvalue weighted by atomic mass is 32.2. The molecule has 0 spiro atoms. The number of nitrogens with zero attached hydrogens (tertiary/aromatic N) is 1. The molecule has 2 aromatic heterocycles. The van der Waals surface area contributed by atoms with Gasteiger partial charge in [-0.15, -0.1) is 0 Å². The maximum Gasteiger partial charge on any atom is 0.287 e. The highest BCUT2D eigenvalue weighted by Gasteiger charge is 2.21. The van der Waals surface area contributed by atoms with Crippen LogP contribution < -0.4 is 5.32 Å². The third kappa shape index (κ3) is 4.06. The van der Waals surface area contributed by atoms with E-state index in [1.165, 1.54) is 37.4 Å². The van der Waals surface area contributed by atoms with Crippen LogP contribution in [-0.2, 0) is 16.4 Å². The quantitative estimate of drug-likeness (QED) is 0.468. The summed E-state index contributed by atoms with van der Waals surface area (Å²) in [4.78, 5) is 16.5. The molecule has 1 N–H and O–H groups in total. The number of rotatable bonds is 5. The summed E-state index contributed by atoms with van der Waals surface area (Å²) < 4.78 is 45.1. The minimum absolute atomic E-state index is 0.0758. The van der Waals surface area contributed by atoms with Crippen molar-refractivity contribution in [3.8, 4) is 0 Å². The first kappa shape index (κ1) is 20.7. The summed E-state index contributed by atoms with van der Waals surface area (Å²) >= 11 is 0. The SMILES string of the molecule is Cc1cc(S(=O)(=O)c2ccc(CNC(=O)c3cc4ccncc4o3)cc2)c(C)cc1F. The third-order valence-corrected chi connectivity index (χ3v) is 6.89. The number of amides is 1. The monoisotopic (exact) mass is 438 g/mol. The number of nitrogens with one attached hydrogen (secondary N) is 1. The van der Waals surface area contributed by atoms with Crippen molar-refractivity contribution in [2.75, 3.05) is 0 Å². The van der Waals surface area contributed by atoms with Crippen molar-refractivity contribution in [3.63, 3.8) is 0 Å². The van der Waals surface area contributed by atoms with Crippen molar-refractivity contribution in [3.05, 3.63) is 89.2 Å². The lowest BCUT2D eigenvalue weighted by Gasteiger charge is -2.10. The number of sulfone groups is 1. The van der Waals surface area contributed by atoms with Gasteiger partial charge >= 0.3 is 0 Å². The minimum Gasteiger partial charge on any atom is -0.449 e. The topological polar surface area (TPSA) is 89.3 Å². The predicted molar refractivity (Wildman–Crippen MR) is 113 cm³/mol. The maximum atomic E-state index is 13.7. The Bertz CT molecular complexity index is 1360. The second kappa shape index (κ2) is 7.96. The van der Waals surface area contributed by atoms with Gasteiger partial charge in [-0.2, -0.15) is 0 Å². The fourth-order valence-corrected chi connectivity index (χ4v) is 4.79. The molecule has 0 saturated heterocycles. The number of halogens is 1. The van der Waals surface area contributed by atoms with Crippen LogP contribution in [0.1, 0.15) is 27.2 Å². The van der Waals surface area contributed by atoms with Crippen molar-refractivity contribution < 1.29 is 22.0 Å². The van der Waals surface area contributed by atoms with Gasteiger partial charge in [0.15, 0.2) is 11.3 Å². The van der Waals surface area contributed by atoms with Crippen LogP contribution in [0.25, 0.3) is 11.0 Å². The number of pyridine rings is 1. The minimum atomic E-state index is -3.79. The molecule has 2 aromatic carbocycles. The summed E-state index contributed by atoms with van der Waals surface area (Å²) in [6.07, 6.45) is 3.15. The lowest BCUT2D eigenvalue weighted by Crippen LogP contribution is -2.22. The lowest BCUT2D eigenvalue weighted by molar-refractivity contribution is 0.0925. The number of hydrogen-bond donors (Lipinski definition) is 1. The van der Waals surface area contributed by atoms with Crippen molar-refractivity contribution in [1.29, 1.82) is 0 Å². The van der Waals surface area contributed by atoms with Crippen LogP contribution in [0.4, 0.5) is 4.39 Å². The summed E-state index contributed by atoms with van der Waals surface area (Å²) in [7, 11) is -3.79. The average Bonchev–Trinajstić information content (AvgIpc) is 3.19. The number of carbonyl (C=O) groups excluding carboxylic acids is 1. The summed E-state index contributed by atoms with van der Waals surface area (Å²) in [5.74, 6) is -0.655. The number of benzene rings is 2. The van der Waals surface area contributed by atoms with Gasteiger partial charge in [0.25, 0.3) is 5.91 Å². The zero-order valence-corrected chi connectivity index (χ0v) is 17.7. The summed E-state index contributed by atoms with van der Waals surface area (Å²) in [5.41, 5.74) is 1.86. The molecule has 0 atom stereocenters. The zero-order chi connectivity index (χ0) is 22.2. The van der Waals surface area contributed by atoms with Crippen LogP contribution in [-0.4, -0.2) is 19.3 Å². The molecule has 6 nitrogen and oxygen atoms in total.